The van der Waals surface area contributed by atoms with Gasteiger partial charge >= 0.3 is 0 Å². The van der Waals surface area contributed by atoms with Gasteiger partial charge in [0.2, 0.25) is 0 Å². The number of fused-ring (bicyclic) bond motifs is 2. The van der Waals surface area contributed by atoms with Gasteiger partial charge in [0, 0.05) is 11.8 Å². The monoisotopic (exact) mass is 322 g/mol. The highest BCUT2D eigenvalue weighted by Gasteiger charge is 2.09. The van der Waals surface area contributed by atoms with Crippen LogP contribution in [0.5, 0.6) is 0 Å². The van der Waals surface area contributed by atoms with Crippen LogP contribution in [0.2, 0.25) is 0 Å². The summed E-state index contributed by atoms with van der Waals surface area (Å²) in [6.07, 6.45) is 2.91. The van der Waals surface area contributed by atoms with Crippen molar-refractivity contribution in [2.75, 3.05) is 0 Å². The van der Waals surface area contributed by atoms with E-state index in [-0.39, 0.29) is 23.2 Å². The van der Waals surface area contributed by atoms with Gasteiger partial charge in [0.1, 0.15) is 5.82 Å². The van der Waals surface area contributed by atoms with Crippen molar-refractivity contribution in [3.05, 3.63) is 81.0 Å². The molecule has 1 N–H and O–H groups in total. The second-order valence-corrected chi connectivity index (χ2v) is 5.40. The van der Waals surface area contributed by atoms with E-state index < -0.39 is 5.82 Å². The highest BCUT2D eigenvalue weighted by molar-refractivity contribution is 5.79. The van der Waals surface area contributed by atoms with E-state index in [1.165, 1.54) is 29.2 Å². The number of H-pyrrole nitrogens is 1. The number of benzene rings is 1. The Labute approximate surface area is 134 Å². The van der Waals surface area contributed by atoms with Crippen LogP contribution in [0, 0.1) is 5.82 Å². The molecule has 0 bridgehead atoms. The first-order valence-electron chi connectivity index (χ1n) is 7.23. The van der Waals surface area contributed by atoms with Gasteiger partial charge in [0.25, 0.3) is 11.1 Å². The van der Waals surface area contributed by atoms with Crippen molar-refractivity contribution in [2.24, 2.45) is 0 Å². The normalized spacial score (nSPS) is 11.2. The summed E-state index contributed by atoms with van der Waals surface area (Å²) in [6.45, 7) is 0.0565. The van der Waals surface area contributed by atoms with Gasteiger partial charge in [-0.05, 0) is 41.8 Å². The fourth-order valence-corrected chi connectivity index (χ4v) is 2.62. The summed E-state index contributed by atoms with van der Waals surface area (Å²) in [5.41, 5.74) is 0.851. The molecule has 0 radical (unpaired) electrons. The van der Waals surface area contributed by atoms with Crippen molar-refractivity contribution in [3.63, 3.8) is 0 Å². The summed E-state index contributed by atoms with van der Waals surface area (Å²) < 4.78 is 14.6. The molecule has 4 aromatic rings. The summed E-state index contributed by atoms with van der Waals surface area (Å²) in [5.74, 6) is -0.424. The van der Waals surface area contributed by atoms with E-state index in [4.69, 9.17) is 0 Å². The summed E-state index contributed by atoms with van der Waals surface area (Å²) in [4.78, 5) is 35.5. The molecule has 6 nitrogen and oxygen atoms in total. The molecule has 0 saturated carbocycles. The van der Waals surface area contributed by atoms with Gasteiger partial charge in [-0.15, -0.1) is 0 Å². The minimum Gasteiger partial charge on any atom is -0.322 e. The molecule has 118 valence electrons. The molecule has 0 aliphatic carbocycles. The molecule has 0 fully saturated rings. The lowest BCUT2D eigenvalue weighted by Gasteiger charge is -2.07. The van der Waals surface area contributed by atoms with Crippen LogP contribution in [0.4, 0.5) is 4.39 Å². The van der Waals surface area contributed by atoms with E-state index in [1.54, 1.807) is 24.3 Å². The zero-order valence-corrected chi connectivity index (χ0v) is 12.4. The third kappa shape index (κ3) is 2.36. The van der Waals surface area contributed by atoms with E-state index in [0.29, 0.717) is 22.0 Å². The van der Waals surface area contributed by atoms with Crippen molar-refractivity contribution in [1.29, 1.82) is 0 Å². The lowest BCUT2D eigenvalue weighted by molar-refractivity contribution is 0.629. The van der Waals surface area contributed by atoms with Gasteiger partial charge in [-0.2, -0.15) is 0 Å². The third-order valence-corrected chi connectivity index (χ3v) is 3.81. The quantitative estimate of drug-likeness (QED) is 0.610. The molecule has 0 atom stereocenters. The largest absolute Gasteiger partial charge is 0.322 e. The van der Waals surface area contributed by atoms with Gasteiger partial charge < -0.3 is 4.98 Å². The molecular formula is C17H11FN4O2. The summed E-state index contributed by atoms with van der Waals surface area (Å²) in [5, 5.41) is 0.686. The molecule has 1 aromatic carbocycles. The lowest BCUT2D eigenvalue weighted by Crippen LogP contribution is -2.25. The molecule has 24 heavy (non-hydrogen) atoms. The number of nitrogens with one attached hydrogen (secondary N) is 1. The molecule has 0 saturated heterocycles. The first-order valence-corrected chi connectivity index (χ1v) is 7.23. The minimum absolute atomic E-state index is 0.0565. The van der Waals surface area contributed by atoms with Crippen LogP contribution in [-0.2, 0) is 6.54 Å². The van der Waals surface area contributed by atoms with Crippen LogP contribution in [0.25, 0.3) is 21.9 Å². The van der Waals surface area contributed by atoms with E-state index in [0.717, 1.165) is 0 Å². The van der Waals surface area contributed by atoms with Crippen LogP contribution >= 0.6 is 0 Å². The fraction of sp³-hybridized carbons (Fsp3) is 0.0588. The van der Waals surface area contributed by atoms with Crippen LogP contribution < -0.4 is 11.1 Å². The predicted molar refractivity (Wildman–Crippen MR) is 87.4 cm³/mol. The number of aromatic nitrogens is 4. The topological polar surface area (TPSA) is 80.6 Å². The Kier molecular flexibility index (Phi) is 3.19. The Morgan fingerprint density at radius 1 is 1.12 bits per heavy atom. The van der Waals surface area contributed by atoms with Crippen molar-refractivity contribution in [2.45, 2.75) is 6.54 Å². The van der Waals surface area contributed by atoms with E-state index in [9.17, 15) is 14.0 Å². The zero-order chi connectivity index (χ0) is 16.7. The maximum absolute atomic E-state index is 13.2. The first kappa shape index (κ1) is 14.3. The molecule has 4 rings (SSSR count). The van der Waals surface area contributed by atoms with Crippen LogP contribution in [0.3, 0.4) is 0 Å². The molecule has 3 heterocycles. The highest BCUT2D eigenvalue weighted by Crippen LogP contribution is 2.13. The molecule has 0 aliphatic rings. The number of nitrogens with zero attached hydrogens (tertiary/aromatic N) is 3. The number of pyridine rings is 2. The van der Waals surface area contributed by atoms with E-state index in [1.807, 2.05) is 0 Å². The molecule has 0 unspecified atom stereocenters. The Morgan fingerprint density at radius 3 is 2.88 bits per heavy atom. The Balaban J connectivity index is 1.83. The van der Waals surface area contributed by atoms with Gasteiger partial charge in [-0.3, -0.25) is 14.2 Å². The van der Waals surface area contributed by atoms with Crippen LogP contribution in [0.1, 0.15) is 5.56 Å². The average Bonchev–Trinajstić information content (AvgIpc) is 2.58. The number of rotatable bonds is 2. The smallest absolute Gasteiger partial charge is 0.280 e. The van der Waals surface area contributed by atoms with Gasteiger partial charge in [0.05, 0.1) is 23.9 Å². The molecule has 7 heteroatoms. The summed E-state index contributed by atoms with van der Waals surface area (Å²) in [6, 6.07) is 9.19. The molecular weight excluding hydrogens is 311 g/mol. The number of halogens is 1. The Bertz CT molecular complexity index is 1200. The van der Waals surface area contributed by atoms with Crippen LogP contribution in [-0.4, -0.2) is 19.5 Å². The maximum atomic E-state index is 13.2. The van der Waals surface area contributed by atoms with Crippen molar-refractivity contribution < 1.29 is 4.39 Å². The van der Waals surface area contributed by atoms with Crippen molar-refractivity contribution in [3.8, 4) is 0 Å². The zero-order valence-electron chi connectivity index (χ0n) is 12.4. The lowest BCUT2D eigenvalue weighted by atomic mass is 10.1. The van der Waals surface area contributed by atoms with E-state index in [2.05, 4.69) is 15.0 Å². The SMILES string of the molecule is O=c1[nH]c2cc(F)ccc2cc1Cn1cnc2cccnc2c1=O. The average molecular weight is 322 g/mol. The molecule has 3 aromatic heterocycles. The van der Waals surface area contributed by atoms with Gasteiger partial charge in [-0.25, -0.2) is 14.4 Å². The molecule has 0 spiro atoms. The number of hydrogen-bond acceptors (Lipinski definition) is 4. The summed E-state index contributed by atoms with van der Waals surface area (Å²) in [7, 11) is 0. The molecule has 0 aliphatic heterocycles. The van der Waals surface area contributed by atoms with Gasteiger partial charge in [-0.1, -0.05) is 0 Å². The van der Waals surface area contributed by atoms with Crippen LogP contribution in [0.15, 0.2) is 58.5 Å². The first-order chi connectivity index (χ1) is 11.6. The maximum Gasteiger partial charge on any atom is 0.280 e. The van der Waals surface area contributed by atoms with Crippen molar-refractivity contribution >= 4 is 21.9 Å². The van der Waals surface area contributed by atoms with Gasteiger partial charge in [0.15, 0.2) is 5.52 Å². The van der Waals surface area contributed by atoms with E-state index >= 15 is 0 Å². The number of aromatic amines is 1. The Hall–Kier alpha value is -3.35. The minimum atomic E-state index is -0.424. The predicted octanol–water partition coefficient (Wildman–Crippen LogP) is 1.82. The second-order valence-electron chi connectivity index (χ2n) is 5.40. The van der Waals surface area contributed by atoms with Crippen molar-refractivity contribution in [1.82, 2.24) is 19.5 Å². The highest BCUT2D eigenvalue weighted by atomic mass is 19.1. The standard InChI is InChI=1S/C17H11FN4O2/c18-12-4-3-10-6-11(16(23)21-14(10)7-12)8-22-9-20-13-2-1-5-19-15(13)17(22)24/h1-7,9H,8H2,(H,21,23). The third-order valence-electron chi connectivity index (χ3n) is 3.81. The number of hydrogen-bond donors (Lipinski definition) is 1. The second kappa shape index (κ2) is 5.38. The summed E-state index contributed by atoms with van der Waals surface area (Å²) >= 11 is 0. The Morgan fingerprint density at radius 2 is 2.00 bits per heavy atom. The molecule has 0 amide bonds. The fourth-order valence-electron chi connectivity index (χ4n) is 2.62.